The molecule has 7 heteroatoms. The van der Waals surface area contributed by atoms with Crippen molar-refractivity contribution in [2.45, 2.75) is 135 Å². The number of unbranched alkanes of at least 4 members (excludes halogenated alkanes) is 16. The second-order valence-electron chi connectivity index (χ2n) is 9.53. The topological polar surface area (TPSA) is 77.5 Å². The van der Waals surface area contributed by atoms with Crippen LogP contribution in [0.3, 0.4) is 0 Å². The van der Waals surface area contributed by atoms with Crippen LogP contribution in [0, 0.1) is 0 Å². The molecule has 0 radical (unpaired) electrons. The maximum Gasteiger partial charge on any atom is 1.00 e. The molecule has 5 nitrogen and oxygen atoms in total. The van der Waals surface area contributed by atoms with Crippen LogP contribution in [-0.4, -0.2) is 43.1 Å². The largest absolute Gasteiger partial charge is 1.00 e. The van der Waals surface area contributed by atoms with E-state index in [1.165, 1.54) is 96.3 Å². The van der Waals surface area contributed by atoms with Gasteiger partial charge in [-0.3, -0.25) is 4.79 Å². The van der Waals surface area contributed by atoms with Crippen LogP contribution in [0.4, 0.5) is 0 Å². The van der Waals surface area contributed by atoms with Gasteiger partial charge in [-0.15, -0.1) is 0 Å². The first-order valence-electron chi connectivity index (χ1n) is 13.7. The van der Waals surface area contributed by atoms with E-state index in [0.29, 0.717) is 25.8 Å². The fraction of sp³-hybridized carbons (Fsp3) is 0.889. The average Bonchev–Trinajstić information content (AvgIpc) is 2.77. The Hall–Kier alpha value is 0.756. The molecular formula is C27H52KNO4S. The molecule has 0 heterocycles. The van der Waals surface area contributed by atoms with E-state index >= 15 is 0 Å². The van der Waals surface area contributed by atoms with Crippen LogP contribution in [0.25, 0.3) is 0 Å². The van der Waals surface area contributed by atoms with Crippen molar-refractivity contribution in [2.24, 2.45) is 0 Å². The molecule has 0 saturated heterocycles. The summed E-state index contributed by atoms with van der Waals surface area (Å²) >= 11 is 0. The monoisotopic (exact) mass is 525 g/mol. The molecule has 0 aromatic carbocycles. The van der Waals surface area contributed by atoms with Crippen LogP contribution in [0.1, 0.15) is 135 Å². The summed E-state index contributed by atoms with van der Waals surface area (Å²) in [5.74, 6) is -0.230. The zero-order valence-electron chi connectivity index (χ0n) is 22.7. The smallest absolute Gasteiger partial charge is 0.748 e. The zero-order valence-corrected chi connectivity index (χ0v) is 26.6. The van der Waals surface area contributed by atoms with E-state index in [2.05, 4.69) is 19.1 Å². The van der Waals surface area contributed by atoms with Gasteiger partial charge < -0.3 is 9.45 Å². The van der Waals surface area contributed by atoms with E-state index in [9.17, 15) is 17.8 Å². The molecule has 0 atom stereocenters. The first kappa shape index (κ1) is 36.9. The maximum absolute atomic E-state index is 12.1. The Morgan fingerprint density at radius 1 is 0.706 bits per heavy atom. The van der Waals surface area contributed by atoms with E-state index in [1.807, 2.05) is 0 Å². The SMILES string of the molecule is CCCCCCCC/C=C\CCCCCCCCCCCC(=O)N(C)CCCCS(=O)(=O)[O-].[K+]. The van der Waals surface area contributed by atoms with E-state index in [1.54, 1.807) is 11.9 Å². The van der Waals surface area contributed by atoms with Crippen LogP contribution in [0.2, 0.25) is 0 Å². The number of carbonyl (C=O) groups is 1. The number of hydrogen-bond acceptors (Lipinski definition) is 4. The van der Waals surface area contributed by atoms with Crippen LogP contribution >= 0.6 is 0 Å². The molecule has 196 valence electrons. The van der Waals surface area contributed by atoms with Gasteiger partial charge in [-0.05, 0) is 44.9 Å². The van der Waals surface area contributed by atoms with Gasteiger partial charge in [0, 0.05) is 25.8 Å². The van der Waals surface area contributed by atoms with Crippen molar-refractivity contribution in [3.8, 4) is 0 Å². The van der Waals surface area contributed by atoms with Gasteiger partial charge in [0.05, 0.1) is 10.1 Å². The predicted molar refractivity (Wildman–Crippen MR) is 139 cm³/mol. The van der Waals surface area contributed by atoms with Gasteiger partial charge in [-0.2, -0.15) is 0 Å². The number of nitrogens with zero attached hydrogens (tertiary/aromatic N) is 1. The van der Waals surface area contributed by atoms with Crippen molar-refractivity contribution in [2.75, 3.05) is 19.3 Å². The number of amides is 1. The first-order chi connectivity index (χ1) is 15.9. The summed E-state index contributed by atoms with van der Waals surface area (Å²) < 4.78 is 31.7. The third-order valence-electron chi connectivity index (χ3n) is 6.22. The van der Waals surface area contributed by atoms with Crippen LogP contribution in [0.15, 0.2) is 12.2 Å². The molecule has 0 unspecified atom stereocenters. The first-order valence-corrected chi connectivity index (χ1v) is 15.3. The van der Waals surface area contributed by atoms with Gasteiger partial charge in [0.15, 0.2) is 0 Å². The summed E-state index contributed by atoms with van der Waals surface area (Å²) in [6.07, 6.45) is 28.0. The molecule has 1 amide bonds. The number of allylic oxidation sites excluding steroid dienone is 2. The molecule has 0 aromatic heterocycles. The van der Waals surface area contributed by atoms with Crippen molar-refractivity contribution < 1.29 is 69.1 Å². The van der Waals surface area contributed by atoms with Crippen molar-refractivity contribution in [3.63, 3.8) is 0 Å². The second-order valence-corrected chi connectivity index (χ2v) is 11.1. The van der Waals surface area contributed by atoms with Gasteiger partial charge in [-0.1, -0.05) is 96.1 Å². The molecule has 0 fully saturated rings. The Morgan fingerprint density at radius 3 is 1.62 bits per heavy atom. The van der Waals surface area contributed by atoms with Gasteiger partial charge in [0.2, 0.25) is 5.91 Å². The number of hydrogen-bond donors (Lipinski definition) is 0. The molecule has 0 rings (SSSR count). The molecular weight excluding hydrogens is 473 g/mol. The third-order valence-corrected chi connectivity index (χ3v) is 7.00. The van der Waals surface area contributed by atoms with Gasteiger partial charge in [0.25, 0.3) is 0 Å². The number of carbonyl (C=O) groups excluding carboxylic acids is 1. The summed E-state index contributed by atoms with van der Waals surface area (Å²) in [5.41, 5.74) is 0. The van der Waals surface area contributed by atoms with Crippen molar-refractivity contribution in [1.29, 1.82) is 0 Å². The molecule has 0 aliphatic carbocycles. The summed E-state index contributed by atoms with van der Waals surface area (Å²) in [5, 5.41) is 0. The summed E-state index contributed by atoms with van der Waals surface area (Å²) in [6, 6.07) is 0. The summed E-state index contributed by atoms with van der Waals surface area (Å²) in [4.78, 5) is 13.7. The van der Waals surface area contributed by atoms with E-state index in [0.717, 1.165) is 12.8 Å². The molecule has 0 aliphatic heterocycles. The molecule has 0 bridgehead atoms. The molecule has 0 spiro atoms. The molecule has 0 N–H and O–H groups in total. The van der Waals surface area contributed by atoms with Crippen LogP contribution < -0.4 is 51.4 Å². The van der Waals surface area contributed by atoms with Crippen LogP contribution in [-0.2, 0) is 14.9 Å². The Kier molecular flexibility index (Phi) is 29.1. The van der Waals surface area contributed by atoms with E-state index < -0.39 is 10.1 Å². The molecule has 0 aromatic rings. The van der Waals surface area contributed by atoms with Crippen LogP contribution in [0.5, 0.6) is 0 Å². The minimum absolute atomic E-state index is 0. The van der Waals surface area contributed by atoms with Gasteiger partial charge in [-0.25, -0.2) is 8.42 Å². The van der Waals surface area contributed by atoms with Crippen molar-refractivity contribution in [3.05, 3.63) is 12.2 Å². The summed E-state index contributed by atoms with van der Waals surface area (Å²) in [7, 11) is -2.39. The number of rotatable bonds is 24. The second kappa shape index (κ2) is 26.8. The normalized spacial score (nSPS) is 11.6. The molecule has 0 aliphatic rings. The Morgan fingerprint density at radius 2 is 1.15 bits per heavy atom. The fourth-order valence-corrected chi connectivity index (χ4v) is 4.56. The zero-order chi connectivity index (χ0) is 24.6. The predicted octanol–water partition coefficient (Wildman–Crippen LogP) is 4.37. The minimum atomic E-state index is -4.14. The Labute approximate surface area is 254 Å². The molecule has 34 heavy (non-hydrogen) atoms. The fourth-order valence-electron chi connectivity index (χ4n) is 4.00. The average molecular weight is 526 g/mol. The quantitative estimate of drug-likeness (QED) is 0.0811. The van der Waals surface area contributed by atoms with E-state index in [4.69, 9.17) is 0 Å². The van der Waals surface area contributed by atoms with Gasteiger partial charge in [0.1, 0.15) is 0 Å². The van der Waals surface area contributed by atoms with Crippen molar-refractivity contribution >= 4 is 16.0 Å². The molecule has 0 saturated carbocycles. The van der Waals surface area contributed by atoms with Crippen molar-refractivity contribution in [1.82, 2.24) is 4.90 Å². The Bertz CT molecular complexity index is 581. The minimum Gasteiger partial charge on any atom is -0.748 e. The van der Waals surface area contributed by atoms with Gasteiger partial charge >= 0.3 is 51.4 Å². The maximum atomic E-state index is 12.1. The third kappa shape index (κ3) is 29.0. The summed E-state index contributed by atoms with van der Waals surface area (Å²) in [6.45, 7) is 2.78. The van der Waals surface area contributed by atoms with E-state index in [-0.39, 0.29) is 63.0 Å². The standard InChI is InChI=1S/C27H53NO4S.K/c1-3-4-5-6-7-8-9-10-11-12-13-14-15-16-17-18-19-20-21-24-27(29)28(2)25-22-23-26-33(30,31)32;/h10-11H,3-9,12-26H2,1-2H3,(H,30,31,32);/q;+1/p-1/b11-10-;. The Balaban J connectivity index is 0.